The summed E-state index contributed by atoms with van der Waals surface area (Å²) in [5.41, 5.74) is 0.639. The molecule has 0 spiro atoms. The van der Waals surface area contributed by atoms with Gasteiger partial charge >= 0.3 is 5.97 Å². The van der Waals surface area contributed by atoms with Crippen LogP contribution in [0.3, 0.4) is 0 Å². The van der Waals surface area contributed by atoms with E-state index in [4.69, 9.17) is 32.8 Å². The maximum absolute atomic E-state index is 13.0. The second-order valence-electron chi connectivity index (χ2n) is 6.95. The van der Waals surface area contributed by atoms with Gasteiger partial charge in [-0.3, -0.25) is 9.59 Å². The standard InChI is InChI=1S/C21H16Cl2N2O5/c22-14-5-6-16(15(23)8-14)24-20(28)21(10-19(26)27)9-17(25-30-21)13-7-12-3-1-2-4-18(12)29-11-13/h1-8H,9-11H2,(H,24,28)(H,26,27)/t21-/m1/s1. The van der Waals surface area contributed by atoms with Crippen molar-refractivity contribution in [3.63, 3.8) is 0 Å². The number of carbonyl (C=O) groups excluding carboxylic acids is 1. The average molecular weight is 447 g/mol. The number of anilines is 1. The number of oxime groups is 1. The number of nitrogens with zero attached hydrogens (tertiary/aromatic N) is 1. The predicted octanol–water partition coefficient (Wildman–Crippen LogP) is 4.40. The van der Waals surface area contributed by atoms with Gasteiger partial charge in [0.15, 0.2) is 0 Å². The minimum atomic E-state index is -1.71. The maximum Gasteiger partial charge on any atom is 0.308 e. The Morgan fingerprint density at radius 3 is 2.77 bits per heavy atom. The molecule has 7 nitrogen and oxygen atoms in total. The van der Waals surface area contributed by atoms with Gasteiger partial charge in [0, 0.05) is 22.6 Å². The number of para-hydroxylation sites is 1. The van der Waals surface area contributed by atoms with E-state index in [0.29, 0.717) is 16.4 Å². The molecule has 0 fully saturated rings. The molecule has 30 heavy (non-hydrogen) atoms. The van der Waals surface area contributed by atoms with Crippen LogP contribution < -0.4 is 10.1 Å². The third kappa shape index (κ3) is 3.99. The molecule has 0 radical (unpaired) electrons. The fraction of sp³-hybridized carbons (Fsp3) is 0.190. The molecule has 0 bridgehead atoms. The monoisotopic (exact) mass is 446 g/mol. The van der Waals surface area contributed by atoms with Crippen LogP contribution in [0.4, 0.5) is 5.69 Å². The molecular weight excluding hydrogens is 431 g/mol. The number of hydrogen-bond donors (Lipinski definition) is 2. The highest BCUT2D eigenvalue weighted by atomic mass is 35.5. The number of benzene rings is 2. The van der Waals surface area contributed by atoms with E-state index in [1.54, 1.807) is 6.07 Å². The molecule has 2 N–H and O–H groups in total. The summed E-state index contributed by atoms with van der Waals surface area (Å²) in [6.07, 6.45) is 1.31. The van der Waals surface area contributed by atoms with Gasteiger partial charge in [0.25, 0.3) is 5.91 Å². The van der Waals surface area contributed by atoms with Crippen molar-refractivity contribution in [3.05, 3.63) is 63.6 Å². The lowest BCUT2D eigenvalue weighted by atomic mass is 9.89. The molecule has 9 heteroatoms. The van der Waals surface area contributed by atoms with E-state index in [1.165, 1.54) is 12.1 Å². The number of halogens is 2. The minimum absolute atomic E-state index is 0.0201. The highest BCUT2D eigenvalue weighted by Gasteiger charge is 2.49. The lowest BCUT2D eigenvalue weighted by Gasteiger charge is -2.24. The van der Waals surface area contributed by atoms with Crippen molar-refractivity contribution in [2.24, 2.45) is 5.16 Å². The first kappa shape index (κ1) is 20.3. The Labute approximate surface area is 181 Å². The number of aliphatic carboxylic acids is 1. The van der Waals surface area contributed by atoms with Gasteiger partial charge in [-0.15, -0.1) is 0 Å². The summed E-state index contributed by atoms with van der Waals surface area (Å²) in [5.74, 6) is -1.11. The Kier molecular flexibility index (Phi) is 5.40. The lowest BCUT2D eigenvalue weighted by Crippen LogP contribution is -2.45. The molecule has 1 atom stereocenters. The van der Waals surface area contributed by atoms with Crippen LogP contribution >= 0.6 is 23.2 Å². The number of amides is 1. The zero-order valence-electron chi connectivity index (χ0n) is 15.5. The van der Waals surface area contributed by atoms with E-state index in [1.807, 2.05) is 30.3 Å². The van der Waals surface area contributed by atoms with Gasteiger partial charge in [0.05, 0.1) is 22.8 Å². The van der Waals surface area contributed by atoms with Gasteiger partial charge in [-0.1, -0.05) is 46.6 Å². The van der Waals surface area contributed by atoms with Crippen LogP contribution in [0, 0.1) is 0 Å². The largest absolute Gasteiger partial charge is 0.488 e. The molecular formula is C21H16Cl2N2O5. The van der Waals surface area contributed by atoms with Crippen LogP contribution in [0.25, 0.3) is 6.08 Å². The highest BCUT2D eigenvalue weighted by molar-refractivity contribution is 6.36. The van der Waals surface area contributed by atoms with Gasteiger partial charge in [-0.05, 0) is 30.3 Å². The number of hydrogen-bond acceptors (Lipinski definition) is 5. The van der Waals surface area contributed by atoms with E-state index in [2.05, 4.69) is 10.5 Å². The fourth-order valence-corrected chi connectivity index (χ4v) is 3.76. The van der Waals surface area contributed by atoms with Gasteiger partial charge in [-0.2, -0.15) is 0 Å². The van der Waals surface area contributed by atoms with Crippen molar-refractivity contribution < 1.29 is 24.3 Å². The molecule has 2 aliphatic heterocycles. The summed E-state index contributed by atoms with van der Waals surface area (Å²) < 4.78 is 5.73. The molecule has 2 aromatic rings. The van der Waals surface area contributed by atoms with Crippen LogP contribution in [0.15, 0.2) is 53.2 Å². The average Bonchev–Trinajstić information content (AvgIpc) is 3.14. The Morgan fingerprint density at radius 2 is 2.00 bits per heavy atom. The molecule has 1 amide bonds. The fourth-order valence-electron chi connectivity index (χ4n) is 3.30. The van der Waals surface area contributed by atoms with E-state index < -0.39 is 23.9 Å². The molecule has 2 heterocycles. The number of carbonyl (C=O) groups is 2. The smallest absolute Gasteiger partial charge is 0.308 e. The van der Waals surface area contributed by atoms with Crippen molar-refractivity contribution in [1.29, 1.82) is 0 Å². The molecule has 0 unspecified atom stereocenters. The summed E-state index contributed by atoms with van der Waals surface area (Å²) in [7, 11) is 0. The first-order valence-corrected chi connectivity index (χ1v) is 9.78. The van der Waals surface area contributed by atoms with E-state index >= 15 is 0 Å². The number of fused-ring (bicyclic) bond motifs is 1. The molecule has 154 valence electrons. The van der Waals surface area contributed by atoms with Crippen LogP contribution in [0.2, 0.25) is 10.0 Å². The Morgan fingerprint density at radius 1 is 1.20 bits per heavy atom. The molecule has 0 saturated carbocycles. The second-order valence-corrected chi connectivity index (χ2v) is 7.79. The summed E-state index contributed by atoms with van der Waals surface area (Å²) in [6.45, 7) is 0.243. The van der Waals surface area contributed by atoms with Crippen molar-refractivity contribution in [3.8, 4) is 5.75 Å². The number of nitrogens with one attached hydrogen (secondary N) is 1. The number of rotatable bonds is 5. The van der Waals surface area contributed by atoms with Crippen LogP contribution in [-0.2, 0) is 14.4 Å². The zero-order chi connectivity index (χ0) is 21.3. The molecule has 4 rings (SSSR count). The van der Waals surface area contributed by atoms with Crippen LogP contribution in [-0.4, -0.2) is 34.9 Å². The summed E-state index contributed by atoms with van der Waals surface area (Å²) >= 11 is 12.0. The van der Waals surface area contributed by atoms with E-state index in [-0.39, 0.29) is 18.1 Å². The van der Waals surface area contributed by atoms with Crippen molar-refractivity contribution in [2.45, 2.75) is 18.4 Å². The first-order chi connectivity index (χ1) is 14.4. The third-order valence-electron chi connectivity index (χ3n) is 4.82. The van der Waals surface area contributed by atoms with Gasteiger partial charge in [-0.25, -0.2) is 0 Å². The third-order valence-corrected chi connectivity index (χ3v) is 5.36. The second kappa shape index (κ2) is 8.01. The zero-order valence-corrected chi connectivity index (χ0v) is 17.0. The summed E-state index contributed by atoms with van der Waals surface area (Å²) in [6, 6.07) is 12.1. The Hall–Kier alpha value is -3.03. The first-order valence-electron chi connectivity index (χ1n) is 9.02. The SMILES string of the molecule is O=C(O)C[C@@]1(C(=O)Nc2ccc(Cl)cc2Cl)CC(C2=Cc3ccccc3OC2)=NO1. The summed E-state index contributed by atoms with van der Waals surface area (Å²) in [5, 5.41) is 16.7. The number of carboxylic acids is 1. The molecule has 0 aliphatic carbocycles. The number of carboxylic acid groups (broad SMARTS) is 1. The van der Waals surface area contributed by atoms with E-state index in [9.17, 15) is 14.7 Å². The van der Waals surface area contributed by atoms with Crippen LogP contribution in [0.5, 0.6) is 5.75 Å². The molecule has 0 saturated heterocycles. The van der Waals surface area contributed by atoms with Crippen molar-refractivity contribution >= 4 is 52.6 Å². The summed E-state index contributed by atoms with van der Waals surface area (Å²) in [4.78, 5) is 29.9. The maximum atomic E-state index is 13.0. The Bertz CT molecular complexity index is 1100. The number of ether oxygens (including phenoxy) is 1. The van der Waals surface area contributed by atoms with Gasteiger partial charge < -0.3 is 20.0 Å². The predicted molar refractivity (Wildman–Crippen MR) is 113 cm³/mol. The van der Waals surface area contributed by atoms with Crippen LogP contribution in [0.1, 0.15) is 18.4 Å². The minimum Gasteiger partial charge on any atom is -0.488 e. The Balaban J connectivity index is 1.58. The highest BCUT2D eigenvalue weighted by Crippen LogP contribution is 2.35. The molecule has 2 aliphatic rings. The quantitative estimate of drug-likeness (QED) is 0.709. The lowest BCUT2D eigenvalue weighted by molar-refractivity contribution is -0.152. The molecule has 2 aromatic carbocycles. The van der Waals surface area contributed by atoms with E-state index in [0.717, 1.165) is 16.9 Å². The van der Waals surface area contributed by atoms with Gasteiger partial charge in [0.2, 0.25) is 5.60 Å². The van der Waals surface area contributed by atoms with Gasteiger partial charge in [0.1, 0.15) is 12.4 Å². The topological polar surface area (TPSA) is 97.2 Å². The normalized spacial score (nSPS) is 19.7. The molecule has 0 aromatic heterocycles. The van der Waals surface area contributed by atoms with Crippen molar-refractivity contribution in [2.75, 3.05) is 11.9 Å². The van der Waals surface area contributed by atoms with Crippen molar-refractivity contribution in [1.82, 2.24) is 0 Å².